The van der Waals surface area contributed by atoms with Gasteiger partial charge in [0.25, 0.3) is 5.91 Å². The Hall–Kier alpha value is -2.69. The molecule has 2 aromatic rings. The first kappa shape index (κ1) is 21.6. The molecule has 0 saturated carbocycles. The van der Waals surface area contributed by atoms with E-state index in [2.05, 4.69) is 52.2 Å². The molecule has 5 heteroatoms. The molecule has 5 nitrogen and oxygen atoms in total. The van der Waals surface area contributed by atoms with Crippen LogP contribution in [0.3, 0.4) is 0 Å². The van der Waals surface area contributed by atoms with E-state index in [4.69, 9.17) is 4.98 Å². The number of carbonyl (C=O) groups is 2. The second kappa shape index (κ2) is 8.13. The Bertz CT molecular complexity index is 814. The van der Waals surface area contributed by atoms with Crippen molar-refractivity contribution in [3.8, 4) is 0 Å². The van der Waals surface area contributed by atoms with Gasteiger partial charge in [0.05, 0.1) is 0 Å². The fourth-order valence-corrected chi connectivity index (χ4v) is 2.73. The monoisotopic (exact) mass is 381 g/mol. The van der Waals surface area contributed by atoms with Crippen LogP contribution in [0.25, 0.3) is 0 Å². The number of likely N-dealkylation sites (N-methyl/N-ethyl adjacent to an activating group) is 1. The molecular formula is C23H31N3O2. The van der Waals surface area contributed by atoms with Crippen LogP contribution in [-0.2, 0) is 15.6 Å². The van der Waals surface area contributed by atoms with E-state index in [-0.39, 0.29) is 22.6 Å². The number of amides is 2. The molecule has 0 bridgehead atoms. The van der Waals surface area contributed by atoms with Gasteiger partial charge in [-0.25, -0.2) is 0 Å². The molecule has 0 radical (unpaired) electrons. The SMILES string of the molecule is CNC(=O)[C@@H](NC(=O)c1cc(C(C)(C)C)nc(C(C)(C)C)c1)c1ccccc1. The zero-order chi connectivity index (χ0) is 21.1. The van der Waals surface area contributed by atoms with E-state index in [9.17, 15) is 9.59 Å². The average Bonchev–Trinajstić information content (AvgIpc) is 2.64. The maximum atomic E-state index is 13.1. The quantitative estimate of drug-likeness (QED) is 0.844. The normalized spacial score (nSPS) is 13.0. The van der Waals surface area contributed by atoms with Crippen LogP contribution in [0.15, 0.2) is 42.5 Å². The summed E-state index contributed by atoms with van der Waals surface area (Å²) in [6.07, 6.45) is 0. The van der Waals surface area contributed by atoms with E-state index in [1.807, 2.05) is 42.5 Å². The molecular weight excluding hydrogens is 350 g/mol. The summed E-state index contributed by atoms with van der Waals surface area (Å²) < 4.78 is 0. The van der Waals surface area contributed by atoms with Crippen molar-refractivity contribution < 1.29 is 9.59 Å². The fraction of sp³-hybridized carbons (Fsp3) is 0.435. The molecule has 0 fully saturated rings. The van der Waals surface area contributed by atoms with Crippen molar-refractivity contribution >= 4 is 11.8 Å². The number of pyridine rings is 1. The van der Waals surface area contributed by atoms with Crippen LogP contribution >= 0.6 is 0 Å². The summed E-state index contributed by atoms with van der Waals surface area (Å²) in [7, 11) is 1.56. The molecule has 150 valence electrons. The van der Waals surface area contributed by atoms with Gasteiger partial charge in [-0.15, -0.1) is 0 Å². The number of nitrogens with one attached hydrogen (secondary N) is 2. The van der Waals surface area contributed by atoms with E-state index >= 15 is 0 Å². The smallest absolute Gasteiger partial charge is 0.252 e. The Labute approximate surface area is 168 Å². The molecule has 28 heavy (non-hydrogen) atoms. The van der Waals surface area contributed by atoms with Crippen LogP contribution < -0.4 is 10.6 Å². The van der Waals surface area contributed by atoms with Gasteiger partial charge in [-0.2, -0.15) is 0 Å². The molecule has 1 aromatic carbocycles. The highest BCUT2D eigenvalue weighted by atomic mass is 16.2. The summed E-state index contributed by atoms with van der Waals surface area (Å²) in [6.45, 7) is 12.4. The molecule has 2 rings (SSSR count). The highest BCUT2D eigenvalue weighted by molar-refractivity contribution is 5.98. The molecule has 0 aliphatic heterocycles. The number of aromatic nitrogens is 1. The van der Waals surface area contributed by atoms with Crippen molar-refractivity contribution in [3.05, 3.63) is 65.0 Å². The first-order chi connectivity index (χ1) is 12.9. The van der Waals surface area contributed by atoms with Crippen LogP contribution in [0.1, 0.15) is 74.9 Å². The minimum atomic E-state index is -0.761. The van der Waals surface area contributed by atoms with Gasteiger partial charge in [-0.3, -0.25) is 14.6 Å². The van der Waals surface area contributed by atoms with Gasteiger partial charge in [0, 0.05) is 34.8 Å². The van der Waals surface area contributed by atoms with Crippen molar-refractivity contribution in [3.63, 3.8) is 0 Å². The van der Waals surface area contributed by atoms with E-state index in [1.54, 1.807) is 7.05 Å². The predicted octanol–water partition coefficient (Wildman–Crippen LogP) is 3.89. The van der Waals surface area contributed by atoms with Crippen LogP contribution in [0.5, 0.6) is 0 Å². The number of nitrogens with zero attached hydrogens (tertiary/aromatic N) is 1. The maximum Gasteiger partial charge on any atom is 0.252 e. The maximum absolute atomic E-state index is 13.1. The lowest BCUT2D eigenvalue weighted by atomic mass is 9.86. The van der Waals surface area contributed by atoms with E-state index < -0.39 is 6.04 Å². The van der Waals surface area contributed by atoms with E-state index in [1.165, 1.54) is 0 Å². The number of rotatable bonds is 4. The Morgan fingerprint density at radius 3 is 1.82 bits per heavy atom. The minimum absolute atomic E-state index is 0.198. The summed E-state index contributed by atoms with van der Waals surface area (Å²) >= 11 is 0. The summed E-state index contributed by atoms with van der Waals surface area (Å²) in [4.78, 5) is 30.3. The molecule has 2 N–H and O–H groups in total. The van der Waals surface area contributed by atoms with Gasteiger partial charge in [-0.05, 0) is 17.7 Å². The van der Waals surface area contributed by atoms with Gasteiger partial charge >= 0.3 is 0 Å². The second-order valence-corrected chi connectivity index (χ2v) is 9.06. The lowest BCUT2D eigenvalue weighted by molar-refractivity contribution is -0.122. The molecule has 0 spiro atoms. The number of hydrogen-bond donors (Lipinski definition) is 2. The number of hydrogen-bond acceptors (Lipinski definition) is 3. The first-order valence-corrected chi connectivity index (χ1v) is 9.54. The van der Waals surface area contributed by atoms with E-state index in [0.29, 0.717) is 5.56 Å². The third-order valence-electron chi connectivity index (χ3n) is 4.54. The Morgan fingerprint density at radius 2 is 1.39 bits per heavy atom. The van der Waals surface area contributed by atoms with Gasteiger partial charge in [0.15, 0.2) is 0 Å². The van der Waals surface area contributed by atoms with Crippen molar-refractivity contribution in [1.82, 2.24) is 15.6 Å². The van der Waals surface area contributed by atoms with Gasteiger partial charge in [0.2, 0.25) is 5.91 Å². The predicted molar refractivity (Wildman–Crippen MR) is 112 cm³/mol. The molecule has 2 amide bonds. The van der Waals surface area contributed by atoms with Crippen molar-refractivity contribution in [2.24, 2.45) is 0 Å². The zero-order valence-corrected chi connectivity index (χ0v) is 17.9. The standard InChI is InChI=1S/C23H31N3O2/c1-22(2,3)17-13-16(14-18(25-17)23(4,5)6)20(27)26-19(21(28)24-7)15-11-9-8-10-12-15/h8-14,19H,1-7H3,(H,24,28)(H,26,27)/t19-/m0/s1. The lowest BCUT2D eigenvalue weighted by Gasteiger charge is -2.25. The highest BCUT2D eigenvalue weighted by Gasteiger charge is 2.26. The molecule has 0 unspecified atom stereocenters. The van der Waals surface area contributed by atoms with E-state index in [0.717, 1.165) is 17.0 Å². The third kappa shape index (κ3) is 5.18. The third-order valence-corrected chi connectivity index (χ3v) is 4.54. The Kier molecular flexibility index (Phi) is 6.27. The minimum Gasteiger partial charge on any atom is -0.357 e. The van der Waals surface area contributed by atoms with Crippen molar-refractivity contribution in [2.75, 3.05) is 7.05 Å². The van der Waals surface area contributed by atoms with Gasteiger partial charge in [-0.1, -0.05) is 71.9 Å². The molecule has 1 heterocycles. The van der Waals surface area contributed by atoms with Crippen LogP contribution in [0.2, 0.25) is 0 Å². The van der Waals surface area contributed by atoms with Crippen molar-refractivity contribution in [1.29, 1.82) is 0 Å². The highest BCUT2D eigenvalue weighted by Crippen LogP contribution is 2.27. The average molecular weight is 382 g/mol. The van der Waals surface area contributed by atoms with Gasteiger partial charge in [0.1, 0.15) is 6.04 Å². The van der Waals surface area contributed by atoms with Gasteiger partial charge < -0.3 is 10.6 Å². The molecule has 1 atom stereocenters. The van der Waals surface area contributed by atoms with Crippen molar-refractivity contribution in [2.45, 2.75) is 58.4 Å². The summed E-state index contributed by atoms with van der Waals surface area (Å²) in [5, 5.41) is 5.50. The molecule has 0 aliphatic rings. The Balaban J connectivity index is 2.45. The number of benzene rings is 1. The fourth-order valence-electron chi connectivity index (χ4n) is 2.73. The topological polar surface area (TPSA) is 71.1 Å². The largest absolute Gasteiger partial charge is 0.357 e. The summed E-state index contributed by atoms with van der Waals surface area (Å²) in [6, 6.07) is 12.1. The van der Waals surface area contributed by atoms with Crippen LogP contribution in [0, 0.1) is 0 Å². The summed E-state index contributed by atoms with van der Waals surface area (Å²) in [5.41, 5.74) is 2.54. The first-order valence-electron chi connectivity index (χ1n) is 9.54. The van der Waals surface area contributed by atoms with Crippen LogP contribution in [0.4, 0.5) is 0 Å². The number of carbonyl (C=O) groups excluding carboxylic acids is 2. The molecule has 0 saturated heterocycles. The molecule has 0 aliphatic carbocycles. The van der Waals surface area contributed by atoms with Crippen LogP contribution in [-0.4, -0.2) is 23.8 Å². The Morgan fingerprint density at radius 1 is 0.893 bits per heavy atom. The summed E-state index contributed by atoms with van der Waals surface area (Å²) in [5.74, 6) is -0.559. The molecule has 1 aromatic heterocycles. The lowest BCUT2D eigenvalue weighted by Crippen LogP contribution is -2.39. The second-order valence-electron chi connectivity index (χ2n) is 9.06. The zero-order valence-electron chi connectivity index (χ0n) is 17.9.